The van der Waals surface area contributed by atoms with Crippen molar-refractivity contribution in [2.45, 2.75) is 20.0 Å². The van der Waals surface area contributed by atoms with Gasteiger partial charge in [0, 0.05) is 19.3 Å². The maximum atomic E-state index is 12.1. The summed E-state index contributed by atoms with van der Waals surface area (Å²) in [6.45, 7) is 4.22. The molecule has 0 saturated carbocycles. The van der Waals surface area contributed by atoms with Crippen LogP contribution in [0.5, 0.6) is 0 Å². The summed E-state index contributed by atoms with van der Waals surface area (Å²) in [5.41, 5.74) is 3.26. The average Bonchev–Trinajstić information content (AvgIpc) is 2.88. The molecule has 1 atom stereocenters. The Labute approximate surface area is 129 Å². The second kappa shape index (κ2) is 7.20. The van der Waals surface area contributed by atoms with Crippen LogP contribution in [0.4, 0.5) is 0 Å². The Bertz CT molecular complexity index is 635. The maximum absolute atomic E-state index is 12.1. The molecule has 1 aromatic heterocycles. The van der Waals surface area contributed by atoms with Crippen molar-refractivity contribution in [2.75, 3.05) is 20.3 Å². The summed E-state index contributed by atoms with van der Waals surface area (Å²) in [6.07, 6.45) is -0.728. The van der Waals surface area contributed by atoms with Crippen LogP contribution in [0, 0.1) is 13.8 Å². The Morgan fingerprint density at radius 1 is 1.36 bits per heavy atom. The number of rotatable bonds is 6. The Hall–Kier alpha value is -2.18. The highest BCUT2D eigenvalue weighted by molar-refractivity contribution is 5.92. The van der Waals surface area contributed by atoms with Crippen LogP contribution in [0.15, 0.2) is 30.3 Å². The van der Waals surface area contributed by atoms with E-state index in [-0.39, 0.29) is 19.1 Å². The molecular formula is C16H21N3O3. The molecule has 0 radical (unpaired) electrons. The van der Waals surface area contributed by atoms with E-state index in [4.69, 9.17) is 4.74 Å². The molecule has 0 fully saturated rings. The lowest BCUT2D eigenvalue weighted by molar-refractivity contribution is 0.0608. The Morgan fingerprint density at radius 3 is 2.68 bits per heavy atom. The standard InChI is InChI=1S/C16H21N3O3/c1-11-4-6-13(7-5-11)19-12(2)8-15(18-19)16(21)17-9-14(20)10-22-3/h4-8,14,20H,9-10H2,1-3H3,(H,17,21). The molecule has 6 nitrogen and oxygen atoms in total. The predicted molar refractivity (Wildman–Crippen MR) is 83.3 cm³/mol. The van der Waals surface area contributed by atoms with Gasteiger partial charge in [-0.2, -0.15) is 5.10 Å². The molecule has 1 unspecified atom stereocenters. The third kappa shape index (κ3) is 3.93. The van der Waals surface area contributed by atoms with Crippen molar-refractivity contribution < 1.29 is 14.6 Å². The lowest BCUT2D eigenvalue weighted by atomic mass is 10.2. The first-order valence-electron chi connectivity index (χ1n) is 7.10. The monoisotopic (exact) mass is 303 g/mol. The number of benzene rings is 1. The van der Waals surface area contributed by atoms with Crippen LogP contribution in [0.1, 0.15) is 21.7 Å². The number of nitrogens with zero attached hydrogens (tertiary/aromatic N) is 2. The molecule has 1 aromatic carbocycles. The highest BCUT2D eigenvalue weighted by atomic mass is 16.5. The topological polar surface area (TPSA) is 76.4 Å². The number of aryl methyl sites for hydroxylation is 2. The SMILES string of the molecule is COCC(O)CNC(=O)c1cc(C)n(-c2ccc(C)cc2)n1. The highest BCUT2D eigenvalue weighted by Gasteiger charge is 2.14. The fourth-order valence-electron chi connectivity index (χ4n) is 2.09. The summed E-state index contributed by atoms with van der Waals surface area (Å²) in [5, 5.41) is 16.5. The quantitative estimate of drug-likeness (QED) is 0.841. The van der Waals surface area contributed by atoms with Gasteiger partial charge in [-0.05, 0) is 32.0 Å². The van der Waals surface area contributed by atoms with Crippen molar-refractivity contribution in [2.24, 2.45) is 0 Å². The molecule has 22 heavy (non-hydrogen) atoms. The smallest absolute Gasteiger partial charge is 0.271 e. The van der Waals surface area contributed by atoms with Crippen molar-refractivity contribution in [1.82, 2.24) is 15.1 Å². The lowest BCUT2D eigenvalue weighted by Crippen LogP contribution is -2.34. The minimum absolute atomic E-state index is 0.128. The van der Waals surface area contributed by atoms with E-state index in [9.17, 15) is 9.90 Å². The first kappa shape index (κ1) is 16.2. The van der Waals surface area contributed by atoms with Gasteiger partial charge in [0.2, 0.25) is 0 Å². The molecule has 2 rings (SSSR count). The minimum atomic E-state index is -0.728. The van der Waals surface area contributed by atoms with E-state index >= 15 is 0 Å². The van der Waals surface area contributed by atoms with E-state index in [2.05, 4.69) is 10.4 Å². The molecule has 0 spiro atoms. The number of aliphatic hydroxyl groups is 1. The number of carbonyl (C=O) groups is 1. The second-order valence-corrected chi connectivity index (χ2v) is 5.24. The van der Waals surface area contributed by atoms with E-state index in [0.29, 0.717) is 5.69 Å². The third-order valence-corrected chi connectivity index (χ3v) is 3.26. The number of nitrogens with one attached hydrogen (secondary N) is 1. The predicted octanol–water partition coefficient (Wildman–Crippen LogP) is 1.23. The Balaban J connectivity index is 2.09. The van der Waals surface area contributed by atoms with Crippen molar-refractivity contribution in [1.29, 1.82) is 0 Å². The van der Waals surface area contributed by atoms with Gasteiger partial charge >= 0.3 is 0 Å². The number of hydrogen-bond acceptors (Lipinski definition) is 4. The number of carbonyl (C=O) groups excluding carboxylic acids is 1. The Morgan fingerprint density at radius 2 is 2.05 bits per heavy atom. The third-order valence-electron chi connectivity index (χ3n) is 3.26. The summed E-state index contributed by atoms with van der Waals surface area (Å²) in [5.74, 6) is -0.316. The molecular weight excluding hydrogens is 282 g/mol. The van der Waals surface area contributed by atoms with Crippen LogP contribution in [-0.4, -0.2) is 47.2 Å². The lowest BCUT2D eigenvalue weighted by Gasteiger charge is -2.09. The molecule has 2 N–H and O–H groups in total. The number of aliphatic hydroxyl groups excluding tert-OH is 1. The van der Waals surface area contributed by atoms with Gasteiger partial charge in [-0.3, -0.25) is 4.79 Å². The van der Waals surface area contributed by atoms with Gasteiger partial charge in [-0.15, -0.1) is 0 Å². The van der Waals surface area contributed by atoms with E-state index < -0.39 is 6.10 Å². The van der Waals surface area contributed by atoms with Gasteiger partial charge in [0.1, 0.15) is 0 Å². The average molecular weight is 303 g/mol. The minimum Gasteiger partial charge on any atom is -0.389 e. The molecule has 6 heteroatoms. The molecule has 1 amide bonds. The zero-order chi connectivity index (χ0) is 16.1. The largest absolute Gasteiger partial charge is 0.389 e. The first-order valence-corrected chi connectivity index (χ1v) is 7.10. The number of hydrogen-bond donors (Lipinski definition) is 2. The maximum Gasteiger partial charge on any atom is 0.271 e. The number of methoxy groups -OCH3 is 1. The van der Waals surface area contributed by atoms with Crippen LogP contribution in [0.25, 0.3) is 5.69 Å². The van der Waals surface area contributed by atoms with Gasteiger partial charge in [0.25, 0.3) is 5.91 Å². The van der Waals surface area contributed by atoms with Crippen LogP contribution >= 0.6 is 0 Å². The van der Waals surface area contributed by atoms with Crippen LogP contribution < -0.4 is 5.32 Å². The molecule has 0 bridgehead atoms. The van der Waals surface area contributed by atoms with E-state index in [1.54, 1.807) is 10.7 Å². The number of aromatic nitrogens is 2. The zero-order valence-corrected chi connectivity index (χ0v) is 13.0. The molecule has 0 aliphatic heterocycles. The fraction of sp³-hybridized carbons (Fsp3) is 0.375. The van der Waals surface area contributed by atoms with Gasteiger partial charge in [0.05, 0.1) is 18.4 Å². The molecule has 0 aliphatic rings. The summed E-state index contributed by atoms with van der Waals surface area (Å²) < 4.78 is 6.53. The summed E-state index contributed by atoms with van der Waals surface area (Å²) >= 11 is 0. The van der Waals surface area contributed by atoms with Crippen LogP contribution in [0.3, 0.4) is 0 Å². The van der Waals surface area contributed by atoms with Gasteiger partial charge in [-0.25, -0.2) is 4.68 Å². The number of ether oxygens (including phenoxy) is 1. The van der Waals surface area contributed by atoms with Crippen LogP contribution in [0.2, 0.25) is 0 Å². The van der Waals surface area contributed by atoms with E-state index in [1.165, 1.54) is 12.7 Å². The molecule has 1 heterocycles. The molecule has 118 valence electrons. The van der Waals surface area contributed by atoms with Gasteiger partial charge in [0.15, 0.2) is 5.69 Å². The van der Waals surface area contributed by atoms with Gasteiger partial charge in [-0.1, -0.05) is 17.7 Å². The van der Waals surface area contributed by atoms with E-state index in [0.717, 1.165) is 11.4 Å². The summed E-state index contributed by atoms with van der Waals surface area (Å²) in [6, 6.07) is 9.63. The van der Waals surface area contributed by atoms with Gasteiger partial charge < -0.3 is 15.2 Å². The van der Waals surface area contributed by atoms with E-state index in [1.807, 2.05) is 38.1 Å². The Kier molecular flexibility index (Phi) is 5.30. The summed E-state index contributed by atoms with van der Waals surface area (Å²) in [4.78, 5) is 12.1. The molecule has 2 aromatic rings. The first-order chi connectivity index (χ1) is 10.5. The van der Waals surface area contributed by atoms with Crippen molar-refractivity contribution >= 4 is 5.91 Å². The van der Waals surface area contributed by atoms with Crippen molar-refractivity contribution in [3.63, 3.8) is 0 Å². The summed E-state index contributed by atoms with van der Waals surface area (Å²) in [7, 11) is 1.50. The molecule has 0 aliphatic carbocycles. The van der Waals surface area contributed by atoms with Crippen molar-refractivity contribution in [3.05, 3.63) is 47.3 Å². The number of amides is 1. The normalized spacial score (nSPS) is 12.2. The van der Waals surface area contributed by atoms with Crippen LogP contribution in [-0.2, 0) is 4.74 Å². The fourth-order valence-corrected chi connectivity index (χ4v) is 2.09. The van der Waals surface area contributed by atoms with Crippen molar-refractivity contribution in [3.8, 4) is 5.69 Å². The molecule has 0 saturated heterocycles. The highest BCUT2D eigenvalue weighted by Crippen LogP contribution is 2.13. The second-order valence-electron chi connectivity index (χ2n) is 5.24. The zero-order valence-electron chi connectivity index (χ0n) is 13.0.